The number of guanidine groups is 1. The molecule has 22 heavy (non-hydrogen) atoms. The number of benzene rings is 1. The number of aryl methyl sites for hydroxylation is 1. The van der Waals surface area contributed by atoms with E-state index < -0.39 is 0 Å². The van der Waals surface area contributed by atoms with E-state index in [0.29, 0.717) is 5.92 Å². The maximum absolute atomic E-state index is 4.36. The van der Waals surface area contributed by atoms with Crippen molar-refractivity contribution in [1.82, 2.24) is 10.2 Å². The minimum atomic E-state index is 0. The van der Waals surface area contributed by atoms with E-state index in [2.05, 4.69) is 66.9 Å². The summed E-state index contributed by atoms with van der Waals surface area (Å²) in [6.07, 6.45) is 4.11. The zero-order chi connectivity index (χ0) is 15.7. The highest BCUT2D eigenvalue weighted by atomic mass is 127. The first-order valence-corrected chi connectivity index (χ1v) is 7.67. The van der Waals surface area contributed by atoms with Gasteiger partial charge in [0, 0.05) is 27.2 Å². The second kappa shape index (κ2) is 11.5. The van der Waals surface area contributed by atoms with Crippen molar-refractivity contribution in [3.05, 3.63) is 48.0 Å². The van der Waals surface area contributed by atoms with Gasteiger partial charge in [0.05, 0.1) is 0 Å². The summed E-state index contributed by atoms with van der Waals surface area (Å²) >= 11 is 0. The van der Waals surface area contributed by atoms with E-state index >= 15 is 0 Å². The highest BCUT2D eigenvalue weighted by Crippen LogP contribution is 2.15. The van der Waals surface area contributed by atoms with Crippen LogP contribution in [0.1, 0.15) is 36.8 Å². The number of nitrogens with one attached hydrogen (secondary N) is 1. The molecule has 1 aromatic rings. The van der Waals surface area contributed by atoms with E-state index in [4.69, 9.17) is 0 Å². The van der Waals surface area contributed by atoms with E-state index in [1.54, 1.807) is 0 Å². The summed E-state index contributed by atoms with van der Waals surface area (Å²) in [6, 6.07) is 8.70. The van der Waals surface area contributed by atoms with Crippen molar-refractivity contribution < 1.29 is 0 Å². The molecule has 0 aliphatic heterocycles. The van der Waals surface area contributed by atoms with Crippen molar-refractivity contribution in [2.75, 3.05) is 27.2 Å². The third-order valence-electron chi connectivity index (χ3n) is 3.65. The molecule has 0 amide bonds. The van der Waals surface area contributed by atoms with Gasteiger partial charge < -0.3 is 10.2 Å². The van der Waals surface area contributed by atoms with Crippen LogP contribution in [0.3, 0.4) is 0 Å². The van der Waals surface area contributed by atoms with Crippen molar-refractivity contribution in [2.45, 2.75) is 32.6 Å². The van der Waals surface area contributed by atoms with Crippen molar-refractivity contribution in [3.63, 3.8) is 0 Å². The summed E-state index contributed by atoms with van der Waals surface area (Å²) in [7, 11) is 3.92. The molecule has 0 saturated heterocycles. The molecule has 124 valence electrons. The number of rotatable bonds is 7. The Morgan fingerprint density at radius 2 is 2.18 bits per heavy atom. The topological polar surface area (TPSA) is 27.6 Å². The molecular weight excluding hydrogens is 385 g/mol. The molecular formula is C18H30IN3. The summed E-state index contributed by atoms with van der Waals surface area (Å²) in [5, 5.41) is 3.46. The number of aliphatic imine (C=N–C) groups is 1. The number of unbranched alkanes of at least 4 members (excludes halogenated alkanes) is 1. The highest BCUT2D eigenvalue weighted by Gasteiger charge is 2.09. The zero-order valence-electron chi connectivity index (χ0n) is 14.3. The Hall–Kier alpha value is -1.04. The van der Waals surface area contributed by atoms with Crippen molar-refractivity contribution in [2.24, 2.45) is 4.99 Å². The van der Waals surface area contributed by atoms with Gasteiger partial charge in [0.25, 0.3) is 0 Å². The molecule has 0 radical (unpaired) electrons. The monoisotopic (exact) mass is 415 g/mol. The number of hydrogen-bond acceptors (Lipinski definition) is 1. The van der Waals surface area contributed by atoms with E-state index in [0.717, 1.165) is 31.9 Å². The molecule has 4 heteroatoms. The van der Waals surface area contributed by atoms with Gasteiger partial charge in [0.1, 0.15) is 0 Å². The normalized spacial score (nSPS) is 12.3. The van der Waals surface area contributed by atoms with Crippen molar-refractivity contribution in [3.8, 4) is 0 Å². The molecule has 1 atom stereocenters. The average Bonchev–Trinajstić information content (AvgIpc) is 2.48. The van der Waals surface area contributed by atoms with E-state index in [9.17, 15) is 0 Å². The van der Waals surface area contributed by atoms with Crippen LogP contribution >= 0.6 is 24.0 Å². The molecule has 1 N–H and O–H groups in total. The van der Waals surface area contributed by atoms with Crippen LogP contribution in [0, 0.1) is 6.92 Å². The smallest absolute Gasteiger partial charge is 0.193 e. The van der Waals surface area contributed by atoms with Crippen LogP contribution in [0.25, 0.3) is 0 Å². The van der Waals surface area contributed by atoms with Gasteiger partial charge >= 0.3 is 0 Å². The summed E-state index contributed by atoms with van der Waals surface area (Å²) in [6.45, 7) is 10.0. The van der Waals surface area contributed by atoms with Gasteiger partial charge in [-0.2, -0.15) is 0 Å². The van der Waals surface area contributed by atoms with Crippen LogP contribution in [-0.4, -0.2) is 38.0 Å². The predicted octanol–water partition coefficient (Wildman–Crippen LogP) is 4.19. The summed E-state index contributed by atoms with van der Waals surface area (Å²) in [5.74, 6) is 1.42. The number of nitrogens with zero attached hydrogens (tertiary/aromatic N) is 2. The van der Waals surface area contributed by atoms with Crippen LogP contribution in [0.4, 0.5) is 0 Å². The lowest BCUT2D eigenvalue weighted by molar-refractivity contribution is 0.467. The maximum Gasteiger partial charge on any atom is 0.193 e. The first-order chi connectivity index (χ1) is 10.1. The first kappa shape index (κ1) is 21.0. The fourth-order valence-corrected chi connectivity index (χ4v) is 2.30. The van der Waals surface area contributed by atoms with Gasteiger partial charge in [0.2, 0.25) is 0 Å². The van der Waals surface area contributed by atoms with Gasteiger partial charge in [-0.05, 0) is 31.2 Å². The predicted molar refractivity (Wildman–Crippen MR) is 108 cm³/mol. The Kier molecular flexibility index (Phi) is 11.0. The van der Waals surface area contributed by atoms with E-state index in [1.165, 1.54) is 11.1 Å². The number of hydrogen-bond donors (Lipinski definition) is 1. The Balaban J connectivity index is 0.00000441. The molecule has 0 fully saturated rings. The number of halogens is 1. The van der Waals surface area contributed by atoms with Gasteiger partial charge in [-0.15, -0.1) is 30.6 Å². The van der Waals surface area contributed by atoms with E-state index in [1.807, 2.05) is 13.1 Å². The lowest BCUT2D eigenvalue weighted by atomic mass is 9.99. The Morgan fingerprint density at radius 3 is 2.77 bits per heavy atom. The lowest BCUT2D eigenvalue weighted by Gasteiger charge is -2.23. The molecule has 0 aliphatic rings. The van der Waals surface area contributed by atoms with Crippen molar-refractivity contribution >= 4 is 29.9 Å². The van der Waals surface area contributed by atoms with Crippen molar-refractivity contribution in [1.29, 1.82) is 0 Å². The summed E-state index contributed by atoms with van der Waals surface area (Å²) < 4.78 is 0. The fraction of sp³-hybridized carbons (Fsp3) is 0.500. The van der Waals surface area contributed by atoms with Crippen LogP contribution in [0.5, 0.6) is 0 Å². The van der Waals surface area contributed by atoms with E-state index in [-0.39, 0.29) is 24.0 Å². The molecule has 0 bridgehead atoms. The second-order valence-electron chi connectivity index (χ2n) is 5.60. The molecule has 1 rings (SSSR count). The quantitative estimate of drug-likeness (QED) is 0.238. The minimum absolute atomic E-state index is 0. The molecule has 0 aliphatic carbocycles. The van der Waals surface area contributed by atoms with Crippen LogP contribution < -0.4 is 5.32 Å². The molecule has 0 heterocycles. The Labute approximate surface area is 152 Å². The summed E-state index contributed by atoms with van der Waals surface area (Å²) in [4.78, 5) is 6.53. The standard InChI is InChI=1S/C18H29N3.HI/c1-6-7-8-12-21(5)18(19-4)20-14-16(3)17-11-9-10-15(2)13-17;/h6,9-11,13,16H,1,7-8,12,14H2,2-5H3,(H,19,20);1H. The molecule has 0 saturated carbocycles. The first-order valence-electron chi connectivity index (χ1n) is 7.67. The minimum Gasteiger partial charge on any atom is -0.356 e. The average molecular weight is 415 g/mol. The number of allylic oxidation sites excluding steroid dienone is 1. The molecule has 1 aromatic carbocycles. The van der Waals surface area contributed by atoms with Gasteiger partial charge in [-0.1, -0.05) is 42.8 Å². The maximum atomic E-state index is 4.36. The molecule has 0 spiro atoms. The third-order valence-corrected chi connectivity index (χ3v) is 3.65. The van der Waals surface area contributed by atoms with Gasteiger partial charge in [-0.25, -0.2) is 0 Å². The molecule has 1 unspecified atom stereocenters. The third kappa shape index (κ3) is 7.29. The fourth-order valence-electron chi connectivity index (χ4n) is 2.30. The zero-order valence-corrected chi connectivity index (χ0v) is 16.6. The molecule has 0 aromatic heterocycles. The SMILES string of the molecule is C=CCCCN(C)C(=NC)NCC(C)c1cccc(C)c1.I. The summed E-state index contributed by atoms with van der Waals surface area (Å²) in [5.41, 5.74) is 2.68. The van der Waals surface area contributed by atoms with Gasteiger partial charge in [-0.3, -0.25) is 4.99 Å². The largest absolute Gasteiger partial charge is 0.356 e. The Bertz CT molecular complexity index is 471. The highest BCUT2D eigenvalue weighted by molar-refractivity contribution is 14.0. The Morgan fingerprint density at radius 1 is 1.45 bits per heavy atom. The molecule has 3 nitrogen and oxygen atoms in total. The van der Waals surface area contributed by atoms with Crippen LogP contribution in [0.15, 0.2) is 41.9 Å². The van der Waals surface area contributed by atoms with Crippen LogP contribution in [0.2, 0.25) is 0 Å². The van der Waals surface area contributed by atoms with Gasteiger partial charge in [0.15, 0.2) is 5.96 Å². The lowest BCUT2D eigenvalue weighted by Crippen LogP contribution is -2.40. The second-order valence-corrected chi connectivity index (χ2v) is 5.60. The van der Waals surface area contributed by atoms with Crippen LogP contribution in [-0.2, 0) is 0 Å².